The number of nitrogens with one attached hydrogen (secondary N) is 6. The first-order valence-corrected chi connectivity index (χ1v) is 18.7. The summed E-state index contributed by atoms with van der Waals surface area (Å²) in [6.07, 6.45) is 2.12. The molecule has 0 aliphatic heterocycles. The Morgan fingerprint density at radius 2 is 1.05 bits per heavy atom. The van der Waals surface area contributed by atoms with Crippen molar-refractivity contribution < 1.29 is 44.4 Å². The molecular formula is C38H40N14O11. The van der Waals surface area contributed by atoms with Gasteiger partial charge < -0.3 is 53.2 Å². The second-order valence-electron chi connectivity index (χ2n) is 13.5. The van der Waals surface area contributed by atoms with E-state index >= 15 is 0 Å². The number of benzene rings is 2. The zero-order chi connectivity index (χ0) is 45.6. The van der Waals surface area contributed by atoms with Gasteiger partial charge in [-0.25, -0.2) is 24.7 Å². The maximum Gasteiger partial charge on any atom is 0.326 e. The number of nitrogens with two attached hydrogens (primary N) is 2. The van der Waals surface area contributed by atoms with E-state index in [1.54, 1.807) is 12.1 Å². The van der Waals surface area contributed by atoms with E-state index in [0.29, 0.717) is 23.6 Å². The Bertz CT molecular complexity index is 2750. The Balaban J connectivity index is 0.000000238. The molecule has 0 bridgehead atoms. The van der Waals surface area contributed by atoms with Crippen LogP contribution in [0.4, 0.5) is 23.3 Å². The van der Waals surface area contributed by atoms with Gasteiger partial charge in [-0.2, -0.15) is 9.97 Å². The number of amides is 1. The number of aliphatic carboxylic acids is 4. The highest BCUT2D eigenvalue weighted by molar-refractivity contribution is 5.97. The maximum atomic E-state index is 12.3. The van der Waals surface area contributed by atoms with Crippen molar-refractivity contribution in [3.63, 3.8) is 0 Å². The third kappa shape index (κ3) is 13.4. The van der Waals surface area contributed by atoms with Crippen LogP contribution < -0.4 is 43.9 Å². The van der Waals surface area contributed by atoms with Gasteiger partial charge in [0.15, 0.2) is 22.3 Å². The van der Waals surface area contributed by atoms with Crippen molar-refractivity contribution in [3.8, 4) is 0 Å². The van der Waals surface area contributed by atoms with Crippen LogP contribution in [0, 0.1) is 0 Å². The van der Waals surface area contributed by atoms with Crippen LogP contribution >= 0.6 is 0 Å². The summed E-state index contributed by atoms with van der Waals surface area (Å²) in [4.78, 5) is 109. The zero-order valence-corrected chi connectivity index (χ0v) is 32.9. The number of carboxylic acid groups (broad SMARTS) is 4. The summed E-state index contributed by atoms with van der Waals surface area (Å²) in [6.45, 7) is 0.834. The van der Waals surface area contributed by atoms with Gasteiger partial charge in [0.2, 0.25) is 11.9 Å². The molecule has 0 radical (unpaired) electrons. The van der Waals surface area contributed by atoms with Gasteiger partial charge in [-0.15, -0.1) is 0 Å². The topological polar surface area (TPSA) is 409 Å². The van der Waals surface area contributed by atoms with Gasteiger partial charge in [-0.3, -0.25) is 38.7 Å². The number of carboxylic acids is 4. The fourth-order valence-electron chi connectivity index (χ4n) is 5.57. The monoisotopic (exact) mass is 868 g/mol. The van der Waals surface area contributed by atoms with Gasteiger partial charge in [0.25, 0.3) is 17.0 Å². The van der Waals surface area contributed by atoms with Crippen LogP contribution in [0.2, 0.25) is 0 Å². The van der Waals surface area contributed by atoms with Gasteiger partial charge in [-0.1, -0.05) is 12.1 Å². The number of hydrogen-bond donors (Lipinski definition) is 12. The molecule has 1 unspecified atom stereocenters. The van der Waals surface area contributed by atoms with Crippen LogP contribution in [0.25, 0.3) is 22.3 Å². The first-order valence-electron chi connectivity index (χ1n) is 18.7. The molecule has 0 saturated heterocycles. The lowest BCUT2D eigenvalue weighted by atomic mass is 10.1. The van der Waals surface area contributed by atoms with Crippen LogP contribution in [-0.2, 0) is 38.8 Å². The summed E-state index contributed by atoms with van der Waals surface area (Å²) in [6, 6.07) is 11.2. The number of anilines is 4. The fourth-order valence-corrected chi connectivity index (χ4v) is 5.57. The average molecular weight is 869 g/mol. The number of fused-ring (bicyclic) bond motifs is 2. The largest absolute Gasteiger partial charge is 0.481 e. The minimum absolute atomic E-state index is 0.00203. The van der Waals surface area contributed by atoms with Crippen LogP contribution in [0.3, 0.4) is 0 Å². The first-order chi connectivity index (χ1) is 30.0. The number of nitrogens with zero attached hydrogens (tertiary/aromatic N) is 6. The maximum absolute atomic E-state index is 12.3. The zero-order valence-electron chi connectivity index (χ0n) is 32.9. The number of rotatable bonds is 19. The van der Waals surface area contributed by atoms with Crippen LogP contribution in [0.1, 0.15) is 53.0 Å². The Hall–Kier alpha value is -8.61. The van der Waals surface area contributed by atoms with Crippen molar-refractivity contribution in [1.82, 2.24) is 50.5 Å². The molecule has 4 aromatic heterocycles. The van der Waals surface area contributed by atoms with E-state index in [9.17, 15) is 38.7 Å². The number of nitrogen functional groups attached to an aromatic ring is 2. The van der Waals surface area contributed by atoms with E-state index in [0.717, 1.165) is 11.3 Å². The molecule has 14 N–H and O–H groups in total. The van der Waals surface area contributed by atoms with E-state index in [1.165, 1.54) is 24.5 Å². The van der Waals surface area contributed by atoms with Gasteiger partial charge in [0, 0.05) is 36.3 Å². The van der Waals surface area contributed by atoms with Crippen molar-refractivity contribution in [2.75, 3.05) is 22.1 Å². The van der Waals surface area contributed by atoms with Gasteiger partial charge in [0.1, 0.15) is 12.1 Å². The smallest absolute Gasteiger partial charge is 0.326 e. The van der Waals surface area contributed by atoms with Gasteiger partial charge in [-0.05, 0) is 54.8 Å². The van der Waals surface area contributed by atoms with Gasteiger partial charge >= 0.3 is 23.9 Å². The normalized spacial score (nSPS) is 11.7. The lowest BCUT2D eigenvalue weighted by Crippen LogP contribution is -2.41. The van der Waals surface area contributed by atoms with E-state index in [2.05, 4.69) is 61.1 Å². The Morgan fingerprint density at radius 3 is 1.49 bits per heavy atom. The highest BCUT2D eigenvalue weighted by Crippen LogP contribution is 2.14. The van der Waals surface area contributed by atoms with E-state index in [4.69, 9.17) is 26.8 Å². The molecule has 6 rings (SSSR count). The lowest BCUT2D eigenvalue weighted by Gasteiger charge is -2.14. The third-order valence-electron chi connectivity index (χ3n) is 8.77. The Labute approximate surface area is 353 Å². The van der Waals surface area contributed by atoms with Crippen LogP contribution in [0.5, 0.6) is 0 Å². The molecule has 6 aromatic rings. The minimum Gasteiger partial charge on any atom is -0.481 e. The molecule has 25 heteroatoms. The summed E-state index contributed by atoms with van der Waals surface area (Å²) < 4.78 is 0. The molecule has 0 aliphatic carbocycles. The summed E-state index contributed by atoms with van der Waals surface area (Å²) in [5.41, 5.74) is 13.9. The number of carbonyl (C=O) groups excluding carboxylic acids is 1. The molecule has 1 amide bonds. The summed E-state index contributed by atoms with van der Waals surface area (Å²) in [5, 5.41) is 47.1. The predicted octanol–water partition coefficient (Wildman–Crippen LogP) is 0.270. The minimum atomic E-state index is -1.31. The highest BCUT2D eigenvalue weighted by atomic mass is 16.4. The number of carbonyl (C=O) groups is 5. The predicted molar refractivity (Wildman–Crippen MR) is 223 cm³/mol. The Kier molecular flexibility index (Phi) is 15.2. The number of hydrogen-bond acceptors (Lipinski definition) is 18. The second kappa shape index (κ2) is 21.1. The van der Waals surface area contributed by atoms with Crippen LogP contribution in [0.15, 0.2) is 70.5 Å². The second-order valence-corrected chi connectivity index (χ2v) is 13.5. The SMILES string of the molecule is Nc1nc2ncc(CNc3ccc(C(=O)NC(CCC(=O)O)C(=O)O)cc3)nc2c(=O)[nH]1.Nc1nc2ncc(CNc3ccc(CN[C@@H](CCC(=O)O)C(=O)O)cc3)nc2c(=O)[nH]1. The third-order valence-corrected chi connectivity index (χ3v) is 8.77. The van der Waals surface area contributed by atoms with Crippen LogP contribution in [-0.4, -0.2) is 102 Å². The summed E-state index contributed by atoms with van der Waals surface area (Å²) >= 11 is 0. The van der Waals surface area contributed by atoms with Gasteiger partial charge in [0.05, 0.1) is 36.9 Å². The van der Waals surface area contributed by atoms with Crippen molar-refractivity contribution in [1.29, 1.82) is 0 Å². The van der Waals surface area contributed by atoms with E-state index in [-0.39, 0.29) is 78.6 Å². The summed E-state index contributed by atoms with van der Waals surface area (Å²) in [5.74, 6) is -5.31. The molecule has 0 fully saturated rings. The van der Waals surface area contributed by atoms with Crippen molar-refractivity contribution in [3.05, 3.63) is 104 Å². The number of H-pyrrole nitrogens is 2. The molecule has 328 valence electrons. The lowest BCUT2D eigenvalue weighted by molar-refractivity contribution is -0.142. The fraction of sp³-hybridized carbons (Fsp3) is 0.237. The molecule has 2 aromatic carbocycles. The van der Waals surface area contributed by atoms with Crippen molar-refractivity contribution in [2.45, 2.75) is 57.4 Å². The molecule has 0 spiro atoms. The molecule has 0 saturated carbocycles. The first kappa shape index (κ1) is 45.5. The molecule has 0 aliphatic rings. The molecule has 63 heavy (non-hydrogen) atoms. The van der Waals surface area contributed by atoms with Crippen molar-refractivity contribution in [2.24, 2.45) is 0 Å². The standard InChI is InChI=1S/C19H19N7O6.C19H21N7O5/c20-19-25-15-14(17(30)26-19)23-11(8-22-15)7-21-10-3-1-9(2-4-10)16(29)24-12(18(31)32)5-6-13(27)28;20-19-25-16-15(17(29)26-19)24-12(9-23-16)8-21-11-3-1-10(2-4-11)7-22-13(18(30)31)5-6-14(27)28/h1-4,8,12,21H,5-7H2,(H,24,29)(H,27,28)(H,31,32)(H3,20,22,25,26,30);1-4,9,13,21-22H,5-8H2,(H,27,28)(H,30,31)(H3,20,23,25,26,29)/t;13-/m.0/s1. The molecule has 4 heterocycles. The quantitative estimate of drug-likeness (QED) is 0.0519. The van der Waals surface area contributed by atoms with E-state index < -0.39 is 53.0 Å². The molecule has 2 atom stereocenters. The van der Waals surface area contributed by atoms with Crippen molar-refractivity contribution >= 4 is 75.4 Å². The number of aromatic nitrogens is 8. The Morgan fingerprint density at radius 1 is 0.603 bits per heavy atom. The number of aromatic amines is 2. The molecular weight excluding hydrogens is 829 g/mol. The molecule has 25 nitrogen and oxygen atoms in total. The highest BCUT2D eigenvalue weighted by Gasteiger charge is 2.22. The summed E-state index contributed by atoms with van der Waals surface area (Å²) in [7, 11) is 0. The van der Waals surface area contributed by atoms with E-state index in [1.807, 2.05) is 24.3 Å². The average Bonchev–Trinajstić information content (AvgIpc) is 3.24.